The monoisotopic (exact) mass is 407 g/mol. The van der Waals surface area contributed by atoms with Crippen molar-refractivity contribution in [3.05, 3.63) is 77.9 Å². The zero-order valence-corrected chi connectivity index (χ0v) is 17.0. The zero-order valence-electron chi connectivity index (χ0n) is 17.0. The summed E-state index contributed by atoms with van der Waals surface area (Å²) in [5, 5.41) is 10.3. The van der Waals surface area contributed by atoms with Crippen molar-refractivity contribution >= 4 is 11.7 Å². The summed E-state index contributed by atoms with van der Waals surface area (Å²) < 4.78 is 14.9. The van der Waals surface area contributed by atoms with Crippen LogP contribution in [-0.2, 0) is 6.54 Å². The summed E-state index contributed by atoms with van der Waals surface area (Å²) in [6.45, 7) is 4.59. The molecule has 0 aliphatic carbocycles. The number of urea groups is 1. The standard InChI is InChI=1S/C23H26FN5O/c1-17-9-12-25-29(17)22-4-2-3-21(15-22)27-23(30)26-20-10-13-28(14-11-20)16-18-5-7-19(24)8-6-18/h2-9,12,15,20H,10-11,13-14,16H2,1H3,(H2,26,27,30). The first-order valence-corrected chi connectivity index (χ1v) is 10.2. The quantitative estimate of drug-likeness (QED) is 0.669. The van der Waals surface area contributed by atoms with E-state index in [0.29, 0.717) is 0 Å². The van der Waals surface area contributed by atoms with E-state index in [4.69, 9.17) is 0 Å². The number of aromatic nitrogens is 2. The van der Waals surface area contributed by atoms with E-state index in [2.05, 4.69) is 20.6 Å². The first kappa shape index (κ1) is 20.1. The molecule has 3 aromatic rings. The minimum atomic E-state index is -0.210. The fourth-order valence-electron chi connectivity index (χ4n) is 3.79. The second-order valence-electron chi connectivity index (χ2n) is 7.71. The largest absolute Gasteiger partial charge is 0.335 e. The van der Waals surface area contributed by atoms with Crippen molar-refractivity contribution in [1.29, 1.82) is 0 Å². The average Bonchev–Trinajstić information content (AvgIpc) is 3.17. The molecule has 1 aliphatic rings. The maximum absolute atomic E-state index is 13.0. The number of halogens is 1. The molecule has 1 fully saturated rings. The molecular weight excluding hydrogens is 381 g/mol. The van der Waals surface area contributed by atoms with E-state index in [1.807, 2.05) is 54.1 Å². The van der Waals surface area contributed by atoms with Gasteiger partial charge in [0.1, 0.15) is 5.82 Å². The molecule has 30 heavy (non-hydrogen) atoms. The van der Waals surface area contributed by atoms with Gasteiger partial charge in [0.2, 0.25) is 0 Å². The minimum absolute atomic E-state index is 0.144. The van der Waals surface area contributed by atoms with Gasteiger partial charge in [-0.3, -0.25) is 4.90 Å². The lowest BCUT2D eigenvalue weighted by molar-refractivity contribution is 0.190. The second kappa shape index (κ2) is 9.09. The number of likely N-dealkylation sites (tertiary alicyclic amines) is 1. The van der Waals surface area contributed by atoms with Gasteiger partial charge in [0.15, 0.2) is 0 Å². The van der Waals surface area contributed by atoms with Crippen LogP contribution < -0.4 is 10.6 Å². The lowest BCUT2D eigenvalue weighted by Gasteiger charge is -2.32. The summed E-state index contributed by atoms with van der Waals surface area (Å²) in [6, 6.07) is 16.2. The first-order valence-electron chi connectivity index (χ1n) is 10.2. The molecule has 6 nitrogen and oxygen atoms in total. The Balaban J connectivity index is 1.26. The van der Waals surface area contributed by atoms with Gasteiger partial charge in [-0.2, -0.15) is 5.10 Å². The summed E-state index contributed by atoms with van der Waals surface area (Å²) in [5.74, 6) is -0.210. The maximum Gasteiger partial charge on any atom is 0.319 e. The topological polar surface area (TPSA) is 62.2 Å². The van der Waals surface area contributed by atoms with Crippen LogP contribution in [0.3, 0.4) is 0 Å². The van der Waals surface area contributed by atoms with Crippen molar-refractivity contribution in [2.24, 2.45) is 0 Å². The van der Waals surface area contributed by atoms with Crippen molar-refractivity contribution in [3.63, 3.8) is 0 Å². The lowest BCUT2D eigenvalue weighted by Crippen LogP contribution is -2.45. The third-order valence-electron chi connectivity index (χ3n) is 5.42. The third-order valence-corrected chi connectivity index (χ3v) is 5.42. The van der Waals surface area contributed by atoms with Gasteiger partial charge in [-0.1, -0.05) is 18.2 Å². The molecule has 0 bridgehead atoms. The van der Waals surface area contributed by atoms with Crippen molar-refractivity contribution < 1.29 is 9.18 Å². The molecule has 1 aliphatic heterocycles. The van der Waals surface area contributed by atoms with Gasteiger partial charge in [0.05, 0.1) is 5.69 Å². The summed E-state index contributed by atoms with van der Waals surface area (Å²) in [4.78, 5) is 14.8. The van der Waals surface area contributed by atoms with Crippen molar-refractivity contribution in [3.8, 4) is 5.69 Å². The number of benzene rings is 2. The molecule has 7 heteroatoms. The average molecular weight is 407 g/mol. The third kappa shape index (κ3) is 5.04. The highest BCUT2D eigenvalue weighted by Crippen LogP contribution is 2.17. The van der Waals surface area contributed by atoms with Gasteiger partial charge in [0.25, 0.3) is 0 Å². The van der Waals surface area contributed by atoms with Crippen molar-refractivity contribution in [2.45, 2.75) is 32.4 Å². The van der Waals surface area contributed by atoms with Crippen LogP contribution in [-0.4, -0.2) is 39.8 Å². The van der Waals surface area contributed by atoms with Gasteiger partial charge in [-0.15, -0.1) is 0 Å². The highest BCUT2D eigenvalue weighted by molar-refractivity contribution is 5.89. The highest BCUT2D eigenvalue weighted by Gasteiger charge is 2.20. The molecule has 2 aromatic carbocycles. The molecule has 2 heterocycles. The SMILES string of the molecule is Cc1ccnn1-c1cccc(NC(=O)NC2CCN(Cc3ccc(F)cc3)CC2)c1. The Labute approximate surface area is 175 Å². The number of nitrogens with zero attached hydrogens (tertiary/aromatic N) is 3. The number of amides is 2. The number of nitrogens with one attached hydrogen (secondary N) is 2. The normalized spacial score (nSPS) is 15.1. The van der Waals surface area contributed by atoms with Crippen LogP contribution in [0, 0.1) is 12.7 Å². The number of piperidine rings is 1. The van der Waals surface area contributed by atoms with Gasteiger partial charge >= 0.3 is 6.03 Å². The van der Waals surface area contributed by atoms with Crippen molar-refractivity contribution in [1.82, 2.24) is 20.0 Å². The molecule has 0 unspecified atom stereocenters. The Morgan fingerprint density at radius 2 is 1.90 bits per heavy atom. The predicted molar refractivity (Wildman–Crippen MR) is 115 cm³/mol. The number of hydrogen-bond donors (Lipinski definition) is 2. The molecule has 0 saturated carbocycles. The van der Waals surface area contributed by atoms with Gasteiger partial charge in [0, 0.05) is 43.3 Å². The summed E-state index contributed by atoms with van der Waals surface area (Å²) >= 11 is 0. The molecule has 2 N–H and O–H groups in total. The summed E-state index contributed by atoms with van der Waals surface area (Å²) in [6.07, 6.45) is 3.53. The van der Waals surface area contributed by atoms with E-state index >= 15 is 0 Å². The van der Waals surface area contributed by atoms with Crippen LogP contribution in [0.15, 0.2) is 60.8 Å². The molecule has 156 valence electrons. The lowest BCUT2D eigenvalue weighted by atomic mass is 10.0. The van der Waals surface area contributed by atoms with Crippen LogP contribution in [0.4, 0.5) is 14.9 Å². The molecule has 1 aromatic heterocycles. The molecule has 2 amide bonds. The van der Waals surface area contributed by atoms with Crippen LogP contribution >= 0.6 is 0 Å². The van der Waals surface area contributed by atoms with E-state index in [9.17, 15) is 9.18 Å². The van der Waals surface area contributed by atoms with Crippen molar-refractivity contribution in [2.75, 3.05) is 18.4 Å². The van der Waals surface area contributed by atoms with Crippen LogP contribution in [0.1, 0.15) is 24.1 Å². The van der Waals surface area contributed by atoms with Crippen LogP contribution in [0.5, 0.6) is 0 Å². The fourth-order valence-corrected chi connectivity index (χ4v) is 3.79. The molecule has 4 rings (SSSR count). The molecule has 0 spiro atoms. The highest BCUT2D eigenvalue weighted by atomic mass is 19.1. The minimum Gasteiger partial charge on any atom is -0.335 e. The fraction of sp³-hybridized carbons (Fsp3) is 0.304. The maximum atomic E-state index is 13.0. The summed E-state index contributed by atoms with van der Waals surface area (Å²) in [5.41, 5.74) is 3.77. The Morgan fingerprint density at radius 3 is 2.60 bits per heavy atom. The Kier molecular flexibility index (Phi) is 6.09. The zero-order chi connectivity index (χ0) is 20.9. The van der Waals surface area contributed by atoms with Crippen LogP contribution in [0.2, 0.25) is 0 Å². The Bertz CT molecular complexity index is 993. The van der Waals surface area contributed by atoms with E-state index in [-0.39, 0.29) is 17.9 Å². The number of anilines is 1. The molecule has 0 atom stereocenters. The van der Waals surface area contributed by atoms with Gasteiger partial charge in [-0.25, -0.2) is 13.9 Å². The number of carbonyl (C=O) groups excluding carboxylic acids is 1. The summed E-state index contributed by atoms with van der Waals surface area (Å²) in [7, 11) is 0. The molecule has 1 saturated heterocycles. The number of carbonyl (C=O) groups is 1. The molecule has 0 radical (unpaired) electrons. The number of aryl methyl sites for hydroxylation is 1. The second-order valence-corrected chi connectivity index (χ2v) is 7.71. The van der Waals surface area contributed by atoms with E-state index < -0.39 is 0 Å². The Hall–Kier alpha value is -3.19. The van der Waals surface area contributed by atoms with Gasteiger partial charge < -0.3 is 10.6 Å². The number of rotatable bonds is 5. The Morgan fingerprint density at radius 1 is 1.13 bits per heavy atom. The van der Waals surface area contributed by atoms with Crippen LogP contribution in [0.25, 0.3) is 5.69 Å². The smallest absolute Gasteiger partial charge is 0.319 e. The number of hydrogen-bond acceptors (Lipinski definition) is 3. The van der Waals surface area contributed by atoms with Gasteiger partial charge in [-0.05, 0) is 61.7 Å². The molecular formula is C23H26FN5O. The predicted octanol–water partition coefficient (Wildman–Crippen LogP) is 4.11. The van der Waals surface area contributed by atoms with E-state index in [0.717, 1.165) is 55.1 Å². The van der Waals surface area contributed by atoms with E-state index in [1.54, 1.807) is 6.20 Å². The van der Waals surface area contributed by atoms with E-state index in [1.165, 1.54) is 12.1 Å². The first-order chi connectivity index (χ1) is 14.6.